The molecule has 0 heterocycles. The molecule has 0 aliphatic heterocycles. The van der Waals surface area contributed by atoms with Crippen LogP contribution in [0.5, 0.6) is 0 Å². The number of Topliss-reactive ketones (excluding diaryl/α,β-unsaturated/α-hetero) is 1. The highest BCUT2D eigenvalue weighted by Crippen LogP contribution is 2.31. The number of halogens is 1. The minimum absolute atomic E-state index is 0.0120. The standard InChI is InChI=1S/C12H11BrO3/c1-16-12(15)7-5-9-8(11(14)6-7)3-2-4-10(9)13/h2-4,7H,5-6H2,1H3. The van der Waals surface area contributed by atoms with Gasteiger partial charge in [0, 0.05) is 16.5 Å². The number of ether oxygens (including phenoxy) is 1. The molecular weight excluding hydrogens is 272 g/mol. The summed E-state index contributed by atoms with van der Waals surface area (Å²) in [6.07, 6.45) is 0.811. The first kappa shape index (κ1) is 11.3. The van der Waals surface area contributed by atoms with Crippen molar-refractivity contribution in [2.75, 3.05) is 7.11 Å². The van der Waals surface area contributed by atoms with Crippen LogP contribution in [-0.4, -0.2) is 18.9 Å². The third-order valence-electron chi connectivity index (χ3n) is 2.84. The van der Waals surface area contributed by atoms with Crippen molar-refractivity contribution in [1.82, 2.24) is 0 Å². The Morgan fingerprint density at radius 1 is 1.44 bits per heavy atom. The number of rotatable bonds is 1. The molecule has 4 heteroatoms. The van der Waals surface area contributed by atoms with Crippen LogP contribution >= 0.6 is 15.9 Å². The Balaban J connectivity index is 2.39. The quantitative estimate of drug-likeness (QED) is 0.743. The van der Waals surface area contributed by atoms with E-state index in [9.17, 15) is 9.59 Å². The van der Waals surface area contributed by atoms with Crippen LogP contribution in [-0.2, 0) is 16.0 Å². The molecule has 0 amide bonds. The van der Waals surface area contributed by atoms with Crippen molar-refractivity contribution in [2.45, 2.75) is 12.8 Å². The van der Waals surface area contributed by atoms with Crippen LogP contribution in [0.15, 0.2) is 22.7 Å². The van der Waals surface area contributed by atoms with Crippen molar-refractivity contribution in [3.8, 4) is 0 Å². The number of benzene rings is 1. The van der Waals surface area contributed by atoms with E-state index in [0.717, 1.165) is 15.6 Å². The minimum Gasteiger partial charge on any atom is -0.469 e. The van der Waals surface area contributed by atoms with Crippen LogP contribution in [0.25, 0.3) is 0 Å². The molecular formula is C12H11BrO3. The van der Waals surface area contributed by atoms with Gasteiger partial charge >= 0.3 is 5.97 Å². The molecule has 0 aromatic heterocycles. The lowest BCUT2D eigenvalue weighted by atomic mass is 9.83. The number of methoxy groups -OCH3 is 1. The van der Waals surface area contributed by atoms with Gasteiger partial charge in [0.1, 0.15) is 0 Å². The van der Waals surface area contributed by atoms with E-state index in [2.05, 4.69) is 20.7 Å². The molecule has 0 bridgehead atoms. The van der Waals surface area contributed by atoms with E-state index in [1.807, 2.05) is 12.1 Å². The maximum Gasteiger partial charge on any atom is 0.309 e. The fourth-order valence-corrected chi connectivity index (χ4v) is 2.54. The third-order valence-corrected chi connectivity index (χ3v) is 3.58. The summed E-state index contributed by atoms with van der Waals surface area (Å²) in [5, 5.41) is 0. The van der Waals surface area contributed by atoms with E-state index in [-0.39, 0.29) is 24.1 Å². The molecule has 1 atom stereocenters. The summed E-state index contributed by atoms with van der Waals surface area (Å²) >= 11 is 3.40. The summed E-state index contributed by atoms with van der Waals surface area (Å²) in [5.41, 5.74) is 1.63. The van der Waals surface area contributed by atoms with Crippen LogP contribution in [0.1, 0.15) is 22.3 Å². The Kier molecular flexibility index (Phi) is 3.10. The Hall–Kier alpha value is -1.16. The molecule has 84 valence electrons. The molecule has 1 aromatic carbocycles. The van der Waals surface area contributed by atoms with Crippen LogP contribution < -0.4 is 0 Å². The number of hydrogen-bond donors (Lipinski definition) is 0. The highest BCUT2D eigenvalue weighted by molar-refractivity contribution is 9.10. The summed E-state index contributed by atoms with van der Waals surface area (Å²) in [6.45, 7) is 0. The number of fused-ring (bicyclic) bond motifs is 1. The normalized spacial score (nSPS) is 19.1. The second-order valence-electron chi connectivity index (χ2n) is 3.82. The predicted molar refractivity (Wildman–Crippen MR) is 62.3 cm³/mol. The summed E-state index contributed by atoms with van der Waals surface area (Å²) in [7, 11) is 1.35. The second kappa shape index (κ2) is 4.37. The number of esters is 1. The number of hydrogen-bond acceptors (Lipinski definition) is 3. The van der Waals surface area contributed by atoms with E-state index in [0.29, 0.717) is 6.42 Å². The summed E-state index contributed by atoms with van der Waals surface area (Å²) in [5.74, 6) is -0.642. The Bertz CT molecular complexity index is 454. The first-order chi connectivity index (χ1) is 7.63. The Morgan fingerprint density at radius 3 is 2.88 bits per heavy atom. The predicted octanol–water partition coefficient (Wildman–Crippen LogP) is 2.37. The SMILES string of the molecule is COC(=O)C1CC(=O)c2cccc(Br)c2C1. The van der Waals surface area contributed by atoms with Crippen LogP contribution in [0.3, 0.4) is 0 Å². The average Bonchev–Trinajstić information content (AvgIpc) is 2.29. The first-order valence-corrected chi connectivity index (χ1v) is 5.81. The lowest BCUT2D eigenvalue weighted by molar-refractivity contribution is -0.145. The van der Waals surface area contributed by atoms with Crippen molar-refractivity contribution < 1.29 is 14.3 Å². The molecule has 2 rings (SSSR count). The molecule has 3 nitrogen and oxygen atoms in total. The van der Waals surface area contributed by atoms with Gasteiger partial charge < -0.3 is 4.74 Å². The lowest BCUT2D eigenvalue weighted by Crippen LogP contribution is -2.27. The topological polar surface area (TPSA) is 43.4 Å². The highest BCUT2D eigenvalue weighted by Gasteiger charge is 2.31. The zero-order chi connectivity index (χ0) is 11.7. The van der Waals surface area contributed by atoms with Gasteiger partial charge in [0.2, 0.25) is 0 Å². The van der Waals surface area contributed by atoms with E-state index < -0.39 is 0 Å². The van der Waals surface area contributed by atoms with E-state index >= 15 is 0 Å². The van der Waals surface area contributed by atoms with Crippen LogP contribution in [0.4, 0.5) is 0 Å². The zero-order valence-corrected chi connectivity index (χ0v) is 10.4. The monoisotopic (exact) mass is 282 g/mol. The molecule has 0 radical (unpaired) electrons. The summed E-state index contributed by atoms with van der Waals surface area (Å²) in [6, 6.07) is 5.51. The molecule has 0 fully saturated rings. The third kappa shape index (κ3) is 1.89. The number of carbonyl (C=O) groups excluding carboxylic acids is 2. The van der Waals surface area contributed by atoms with E-state index in [4.69, 9.17) is 0 Å². The van der Waals surface area contributed by atoms with E-state index in [1.165, 1.54) is 7.11 Å². The molecule has 0 saturated carbocycles. The first-order valence-electron chi connectivity index (χ1n) is 5.02. The van der Waals surface area contributed by atoms with Gasteiger partial charge in [-0.2, -0.15) is 0 Å². The Morgan fingerprint density at radius 2 is 2.19 bits per heavy atom. The molecule has 1 aromatic rings. The zero-order valence-electron chi connectivity index (χ0n) is 8.83. The van der Waals surface area contributed by atoms with Crippen LogP contribution in [0.2, 0.25) is 0 Å². The van der Waals surface area contributed by atoms with Crippen molar-refractivity contribution >= 4 is 27.7 Å². The highest BCUT2D eigenvalue weighted by atomic mass is 79.9. The van der Waals surface area contributed by atoms with Crippen molar-refractivity contribution in [3.05, 3.63) is 33.8 Å². The van der Waals surface area contributed by atoms with Gasteiger partial charge in [-0.3, -0.25) is 9.59 Å². The molecule has 1 unspecified atom stereocenters. The molecule has 0 N–H and O–H groups in total. The molecule has 1 aliphatic carbocycles. The van der Waals surface area contributed by atoms with Gasteiger partial charge in [0.25, 0.3) is 0 Å². The maximum absolute atomic E-state index is 11.8. The number of carbonyl (C=O) groups is 2. The largest absolute Gasteiger partial charge is 0.469 e. The maximum atomic E-state index is 11.8. The van der Waals surface area contributed by atoms with E-state index in [1.54, 1.807) is 6.07 Å². The van der Waals surface area contributed by atoms with Gasteiger partial charge in [-0.05, 0) is 18.1 Å². The fourth-order valence-electron chi connectivity index (χ4n) is 2.01. The molecule has 1 aliphatic rings. The average molecular weight is 283 g/mol. The van der Waals surface area contributed by atoms with Gasteiger partial charge in [-0.1, -0.05) is 28.1 Å². The van der Waals surface area contributed by atoms with Gasteiger partial charge in [-0.15, -0.1) is 0 Å². The number of ketones is 1. The van der Waals surface area contributed by atoms with Crippen molar-refractivity contribution in [3.63, 3.8) is 0 Å². The smallest absolute Gasteiger partial charge is 0.309 e. The van der Waals surface area contributed by atoms with Crippen LogP contribution in [0, 0.1) is 5.92 Å². The summed E-state index contributed by atoms with van der Waals surface area (Å²) < 4.78 is 5.57. The Labute approximate surface area is 102 Å². The van der Waals surface area contributed by atoms with Crippen molar-refractivity contribution in [1.29, 1.82) is 0 Å². The van der Waals surface area contributed by atoms with Gasteiger partial charge in [0.15, 0.2) is 5.78 Å². The molecule has 0 saturated heterocycles. The van der Waals surface area contributed by atoms with Gasteiger partial charge in [0.05, 0.1) is 13.0 Å². The second-order valence-corrected chi connectivity index (χ2v) is 4.67. The molecule has 16 heavy (non-hydrogen) atoms. The lowest BCUT2D eigenvalue weighted by Gasteiger charge is -2.22. The molecule has 0 spiro atoms. The van der Waals surface area contributed by atoms with Gasteiger partial charge in [-0.25, -0.2) is 0 Å². The fraction of sp³-hybridized carbons (Fsp3) is 0.333. The van der Waals surface area contributed by atoms with Crippen molar-refractivity contribution in [2.24, 2.45) is 5.92 Å². The summed E-state index contributed by atoms with van der Waals surface area (Å²) in [4.78, 5) is 23.3. The minimum atomic E-state index is -0.344.